The summed E-state index contributed by atoms with van der Waals surface area (Å²) in [7, 11) is -3.17. The molecule has 148 valence electrons. The molecule has 0 radical (unpaired) electrons. The summed E-state index contributed by atoms with van der Waals surface area (Å²) in [5, 5.41) is 0. The van der Waals surface area contributed by atoms with Crippen molar-refractivity contribution in [3.05, 3.63) is 71.8 Å². The monoisotopic (exact) mass is 389 g/mol. The van der Waals surface area contributed by atoms with Crippen molar-refractivity contribution in [2.24, 2.45) is 11.1 Å². The molecule has 0 spiro atoms. The van der Waals surface area contributed by atoms with Crippen molar-refractivity contribution in [2.45, 2.75) is 46.3 Å². The summed E-state index contributed by atoms with van der Waals surface area (Å²) >= 11 is 0. The van der Waals surface area contributed by atoms with E-state index in [-0.39, 0.29) is 5.41 Å². The molecular formula is C22H32NO3P. The fourth-order valence-electron chi connectivity index (χ4n) is 2.67. The minimum absolute atomic E-state index is 0.111. The van der Waals surface area contributed by atoms with E-state index in [1.54, 1.807) is 0 Å². The molecule has 0 saturated carbocycles. The van der Waals surface area contributed by atoms with Crippen LogP contribution in [0.25, 0.3) is 0 Å². The summed E-state index contributed by atoms with van der Waals surface area (Å²) in [6.45, 7) is 5.55. The van der Waals surface area contributed by atoms with Crippen LogP contribution in [-0.4, -0.2) is 12.7 Å². The maximum atomic E-state index is 13.3. The first-order valence-corrected chi connectivity index (χ1v) is 11.3. The summed E-state index contributed by atoms with van der Waals surface area (Å²) in [4.78, 5) is 0. The van der Waals surface area contributed by atoms with Crippen molar-refractivity contribution in [1.82, 2.24) is 0 Å². The van der Waals surface area contributed by atoms with Crippen molar-refractivity contribution in [2.75, 3.05) is 12.7 Å². The molecule has 0 atom stereocenters. The lowest BCUT2D eigenvalue weighted by molar-refractivity contribution is 0.190. The van der Waals surface area contributed by atoms with Crippen molar-refractivity contribution in [3.8, 4) is 0 Å². The van der Waals surface area contributed by atoms with Crippen LogP contribution in [0.1, 0.15) is 44.2 Å². The Bertz CT molecular complexity index is 657. The van der Waals surface area contributed by atoms with Crippen LogP contribution >= 0.6 is 7.60 Å². The summed E-state index contributed by atoms with van der Waals surface area (Å²) in [6.07, 6.45) is 3.18. The lowest BCUT2D eigenvalue weighted by atomic mass is 9.88. The van der Waals surface area contributed by atoms with Gasteiger partial charge in [-0.05, 0) is 35.9 Å². The van der Waals surface area contributed by atoms with Gasteiger partial charge in [-0.2, -0.15) is 0 Å². The average molecular weight is 389 g/mol. The average Bonchev–Trinajstić information content (AvgIpc) is 2.70. The van der Waals surface area contributed by atoms with Gasteiger partial charge in [0.2, 0.25) is 0 Å². The van der Waals surface area contributed by atoms with Crippen molar-refractivity contribution in [1.29, 1.82) is 0 Å². The van der Waals surface area contributed by atoms with Gasteiger partial charge in [-0.1, -0.05) is 80.9 Å². The van der Waals surface area contributed by atoms with Gasteiger partial charge in [0.25, 0.3) is 0 Å². The summed E-state index contributed by atoms with van der Waals surface area (Å²) in [5.74, 6) is 0. The highest BCUT2D eigenvalue weighted by molar-refractivity contribution is 7.53. The van der Waals surface area contributed by atoms with Gasteiger partial charge in [0, 0.05) is 0 Å². The fourth-order valence-corrected chi connectivity index (χ4v) is 4.31. The molecule has 27 heavy (non-hydrogen) atoms. The van der Waals surface area contributed by atoms with E-state index in [0.717, 1.165) is 30.4 Å². The third-order valence-corrected chi connectivity index (χ3v) is 6.54. The number of unbranched alkanes of at least 4 members (excludes halogenated alkanes) is 1. The van der Waals surface area contributed by atoms with E-state index in [0.29, 0.717) is 25.9 Å². The topological polar surface area (TPSA) is 61.6 Å². The van der Waals surface area contributed by atoms with Crippen molar-refractivity contribution >= 4 is 7.60 Å². The van der Waals surface area contributed by atoms with Crippen LogP contribution < -0.4 is 5.73 Å². The zero-order valence-corrected chi connectivity index (χ0v) is 17.4. The molecule has 0 bridgehead atoms. The van der Waals surface area contributed by atoms with Crippen LogP contribution in [0, 0.1) is 5.41 Å². The molecule has 0 fully saturated rings. The number of hydrogen-bond donors (Lipinski definition) is 1. The Morgan fingerprint density at radius 1 is 0.852 bits per heavy atom. The second-order valence-electron chi connectivity index (χ2n) is 7.68. The van der Waals surface area contributed by atoms with Crippen LogP contribution in [0.5, 0.6) is 0 Å². The Balaban J connectivity index is 1.92. The molecule has 0 aliphatic rings. The van der Waals surface area contributed by atoms with Gasteiger partial charge in [-0.15, -0.1) is 0 Å². The first-order valence-electron chi connectivity index (χ1n) is 9.59. The van der Waals surface area contributed by atoms with Crippen LogP contribution in [0.15, 0.2) is 60.7 Å². The minimum atomic E-state index is -3.17. The van der Waals surface area contributed by atoms with Crippen LogP contribution in [-0.2, 0) is 26.8 Å². The van der Waals surface area contributed by atoms with Gasteiger partial charge in [-0.3, -0.25) is 4.57 Å². The minimum Gasteiger partial charge on any atom is -0.330 e. The van der Waals surface area contributed by atoms with E-state index in [1.807, 2.05) is 60.7 Å². The first kappa shape index (κ1) is 21.8. The second kappa shape index (κ2) is 10.8. The van der Waals surface area contributed by atoms with Gasteiger partial charge in [-0.25, -0.2) is 0 Å². The van der Waals surface area contributed by atoms with Gasteiger partial charge in [0.05, 0.1) is 19.4 Å². The molecule has 0 saturated heterocycles. The van der Waals surface area contributed by atoms with Crippen molar-refractivity contribution in [3.63, 3.8) is 0 Å². The molecular weight excluding hydrogens is 357 g/mol. The Morgan fingerprint density at radius 2 is 1.33 bits per heavy atom. The molecule has 0 heterocycles. The molecule has 2 aromatic carbocycles. The summed E-state index contributed by atoms with van der Waals surface area (Å²) in [6, 6.07) is 19.6. The quantitative estimate of drug-likeness (QED) is 0.370. The number of benzene rings is 2. The predicted octanol–water partition coefficient (Wildman–Crippen LogP) is 5.77. The lowest BCUT2D eigenvalue weighted by Gasteiger charge is -2.23. The third kappa shape index (κ3) is 8.40. The predicted molar refractivity (Wildman–Crippen MR) is 112 cm³/mol. The van der Waals surface area contributed by atoms with E-state index >= 15 is 0 Å². The lowest BCUT2D eigenvalue weighted by Crippen LogP contribution is -2.23. The molecule has 0 unspecified atom stereocenters. The van der Waals surface area contributed by atoms with Crippen LogP contribution in [0.2, 0.25) is 0 Å². The Morgan fingerprint density at radius 3 is 1.78 bits per heavy atom. The molecule has 0 aliphatic carbocycles. The normalized spacial score (nSPS) is 12.3. The molecule has 2 rings (SSSR count). The summed E-state index contributed by atoms with van der Waals surface area (Å²) in [5.41, 5.74) is 7.89. The Labute approximate surface area is 163 Å². The molecule has 4 nitrogen and oxygen atoms in total. The van der Waals surface area contributed by atoms with E-state index in [9.17, 15) is 4.57 Å². The van der Waals surface area contributed by atoms with Crippen LogP contribution in [0.3, 0.4) is 0 Å². The molecule has 0 amide bonds. The van der Waals surface area contributed by atoms with Gasteiger partial charge >= 0.3 is 7.60 Å². The van der Waals surface area contributed by atoms with E-state index in [4.69, 9.17) is 14.8 Å². The van der Waals surface area contributed by atoms with E-state index in [2.05, 4.69) is 13.8 Å². The standard InChI is InChI=1S/C22H32NO3P/c1-22(2,19-23)15-9-10-16-27(24,25-17-20-11-5-3-6-12-20)26-18-21-13-7-4-8-14-21/h3-8,11-14H,9-10,15-19,23H2,1-2H3. The van der Waals surface area contributed by atoms with Gasteiger partial charge in [0.1, 0.15) is 0 Å². The third-order valence-electron chi connectivity index (χ3n) is 4.63. The first-order chi connectivity index (χ1) is 12.9. The maximum absolute atomic E-state index is 13.3. The number of nitrogens with two attached hydrogens (primary N) is 1. The highest BCUT2D eigenvalue weighted by Crippen LogP contribution is 2.50. The molecule has 2 N–H and O–H groups in total. The number of hydrogen-bond acceptors (Lipinski definition) is 4. The largest absolute Gasteiger partial charge is 0.331 e. The van der Waals surface area contributed by atoms with Crippen molar-refractivity contribution < 1.29 is 13.6 Å². The summed E-state index contributed by atoms with van der Waals surface area (Å²) < 4.78 is 24.9. The zero-order chi connectivity index (χ0) is 19.6. The number of rotatable bonds is 12. The Hall–Kier alpha value is -1.45. The smallest absolute Gasteiger partial charge is 0.330 e. The SMILES string of the molecule is CC(C)(CN)CCCCP(=O)(OCc1ccccc1)OCc1ccccc1. The van der Waals surface area contributed by atoms with Gasteiger partial charge in [0.15, 0.2) is 0 Å². The highest BCUT2D eigenvalue weighted by Gasteiger charge is 2.25. The molecule has 5 heteroatoms. The van der Waals surface area contributed by atoms with Crippen LogP contribution in [0.4, 0.5) is 0 Å². The highest BCUT2D eigenvalue weighted by atomic mass is 31.2. The molecule has 0 aliphatic heterocycles. The Kier molecular flexibility index (Phi) is 8.72. The van der Waals surface area contributed by atoms with E-state index in [1.165, 1.54) is 0 Å². The molecule has 2 aromatic rings. The second-order valence-corrected chi connectivity index (χ2v) is 9.86. The molecule has 0 aromatic heterocycles. The van der Waals surface area contributed by atoms with E-state index < -0.39 is 7.60 Å². The maximum Gasteiger partial charge on any atom is 0.331 e. The van der Waals surface area contributed by atoms with Gasteiger partial charge < -0.3 is 14.8 Å². The zero-order valence-electron chi connectivity index (χ0n) is 16.5. The fraction of sp³-hybridized carbons (Fsp3) is 0.455.